The largest absolute Gasteiger partial charge is 0.370 e. The molecule has 0 saturated carbocycles. The molecule has 0 bridgehead atoms. The molecule has 2 aliphatic rings. The topological polar surface area (TPSA) is 36.3 Å². The van der Waals surface area contributed by atoms with Gasteiger partial charge in [0.05, 0.1) is 28.5 Å². The first-order chi connectivity index (χ1) is 19.3. The van der Waals surface area contributed by atoms with Gasteiger partial charge in [-0.25, -0.2) is 0 Å². The molecule has 0 aliphatic carbocycles. The lowest BCUT2D eigenvalue weighted by atomic mass is 9.96. The van der Waals surface area contributed by atoms with Crippen molar-refractivity contribution in [1.29, 1.82) is 0 Å². The first-order valence-corrected chi connectivity index (χ1v) is 14.9. The van der Waals surface area contributed by atoms with Gasteiger partial charge in [0.2, 0.25) is 0 Å². The average Bonchev–Trinajstić information content (AvgIpc) is 3.45. The SMILES string of the molecule is Cc1ccc(-n2c(C)cc(C3C(c4ccccn4)NC(=S)N3c3ccc(N4CCC(C)CC4)c(Cl)c3)c2C)cc1. The van der Waals surface area contributed by atoms with Crippen molar-refractivity contribution in [1.82, 2.24) is 14.9 Å². The maximum absolute atomic E-state index is 6.98. The molecule has 7 heteroatoms. The van der Waals surface area contributed by atoms with E-state index in [1.165, 1.54) is 35.4 Å². The maximum atomic E-state index is 6.98. The van der Waals surface area contributed by atoms with E-state index in [0.717, 1.165) is 46.8 Å². The molecule has 2 aliphatic heterocycles. The molecule has 2 fully saturated rings. The molecular formula is C33H36ClN5S. The molecule has 0 radical (unpaired) electrons. The Labute approximate surface area is 247 Å². The number of benzene rings is 2. The number of hydrogen-bond donors (Lipinski definition) is 1. The van der Waals surface area contributed by atoms with Gasteiger partial charge >= 0.3 is 0 Å². The van der Waals surface area contributed by atoms with Crippen LogP contribution in [0.25, 0.3) is 5.69 Å². The summed E-state index contributed by atoms with van der Waals surface area (Å²) in [4.78, 5) is 9.38. The van der Waals surface area contributed by atoms with Gasteiger partial charge < -0.3 is 19.7 Å². The Morgan fingerprint density at radius 2 is 1.65 bits per heavy atom. The number of thiocarbonyl (C=S) groups is 1. The van der Waals surface area contributed by atoms with Crippen molar-refractivity contribution in [3.63, 3.8) is 0 Å². The third-order valence-electron chi connectivity index (χ3n) is 8.51. The van der Waals surface area contributed by atoms with E-state index >= 15 is 0 Å². The van der Waals surface area contributed by atoms with Crippen molar-refractivity contribution in [3.05, 3.63) is 106 Å². The van der Waals surface area contributed by atoms with Crippen molar-refractivity contribution >= 4 is 40.3 Å². The molecule has 2 saturated heterocycles. The van der Waals surface area contributed by atoms with Gasteiger partial charge in [-0.15, -0.1) is 0 Å². The summed E-state index contributed by atoms with van der Waals surface area (Å²) in [6, 6.07) is 23.3. The number of aromatic nitrogens is 2. The normalized spacial score (nSPS) is 19.8. The zero-order chi connectivity index (χ0) is 28.0. The first-order valence-electron chi connectivity index (χ1n) is 14.1. The summed E-state index contributed by atoms with van der Waals surface area (Å²) < 4.78 is 2.33. The van der Waals surface area contributed by atoms with Gasteiger partial charge in [0, 0.05) is 42.0 Å². The summed E-state index contributed by atoms with van der Waals surface area (Å²) in [6.45, 7) is 10.9. The van der Waals surface area contributed by atoms with Crippen LogP contribution in [0.15, 0.2) is 72.9 Å². The minimum atomic E-state index is -0.109. The molecule has 206 valence electrons. The fourth-order valence-corrected chi connectivity index (χ4v) is 6.92. The van der Waals surface area contributed by atoms with Crippen LogP contribution in [-0.4, -0.2) is 27.8 Å². The van der Waals surface area contributed by atoms with Crippen LogP contribution in [0.5, 0.6) is 0 Å². The molecule has 4 aromatic rings. The number of piperidine rings is 1. The lowest BCUT2D eigenvalue weighted by Gasteiger charge is -2.33. The average molecular weight is 570 g/mol. The lowest BCUT2D eigenvalue weighted by Crippen LogP contribution is -2.33. The van der Waals surface area contributed by atoms with E-state index in [4.69, 9.17) is 28.8 Å². The number of nitrogens with zero attached hydrogens (tertiary/aromatic N) is 4. The second-order valence-corrected chi connectivity index (χ2v) is 12.1. The summed E-state index contributed by atoms with van der Waals surface area (Å²) in [5, 5.41) is 5.05. The number of halogens is 1. The van der Waals surface area contributed by atoms with Gasteiger partial charge in [-0.1, -0.05) is 42.3 Å². The van der Waals surface area contributed by atoms with Gasteiger partial charge in [-0.2, -0.15) is 0 Å². The second kappa shape index (κ2) is 10.9. The molecule has 40 heavy (non-hydrogen) atoms. The summed E-state index contributed by atoms with van der Waals surface area (Å²) in [6.07, 6.45) is 4.24. The zero-order valence-corrected chi connectivity index (χ0v) is 25.1. The Balaban J connectivity index is 1.43. The van der Waals surface area contributed by atoms with Crippen LogP contribution in [0.1, 0.15) is 60.1 Å². The minimum absolute atomic E-state index is 0.0921. The highest BCUT2D eigenvalue weighted by Gasteiger charge is 2.42. The highest BCUT2D eigenvalue weighted by Crippen LogP contribution is 2.45. The molecule has 2 atom stereocenters. The number of pyridine rings is 1. The quantitative estimate of drug-likeness (QED) is 0.247. The molecule has 2 unspecified atom stereocenters. The lowest BCUT2D eigenvalue weighted by molar-refractivity contribution is 0.438. The van der Waals surface area contributed by atoms with Gasteiger partial charge in [0.15, 0.2) is 5.11 Å². The molecular weight excluding hydrogens is 534 g/mol. The predicted molar refractivity (Wildman–Crippen MR) is 170 cm³/mol. The third kappa shape index (κ3) is 4.88. The van der Waals surface area contributed by atoms with E-state index in [9.17, 15) is 0 Å². The summed E-state index contributed by atoms with van der Waals surface area (Å²) in [7, 11) is 0. The Hall–Kier alpha value is -3.35. The van der Waals surface area contributed by atoms with Gasteiger partial charge in [-0.3, -0.25) is 4.98 Å². The van der Waals surface area contributed by atoms with E-state index in [-0.39, 0.29) is 12.1 Å². The number of anilines is 2. The first kappa shape index (κ1) is 26.9. The van der Waals surface area contributed by atoms with Crippen molar-refractivity contribution in [2.24, 2.45) is 5.92 Å². The molecule has 2 aromatic heterocycles. The molecule has 0 amide bonds. The van der Waals surface area contributed by atoms with Crippen LogP contribution in [-0.2, 0) is 0 Å². The number of rotatable bonds is 5. The monoisotopic (exact) mass is 569 g/mol. The van der Waals surface area contributed by atoms with Crippen LogP contribution < -0.4 is 15.1 Å². The number of aryl methyl sites for hydroxylation is 2. The van der Waals surface area contributed by atoms with Crippen molar-refractivity contribution < 1.29 is 0 Å². The molecule has 2 aromatic carbocycles. The molecule has 0 spiro atoms. The van der Waals surface area contributed by atoms with E-state index in [1.807, 2.05) is 18.3 Å². The van der Waals surface area contributed by atoms with Crippen LogP contribution in [0.4, 0.5) is 11.4 Å². The third-order valence-corrected chi connectivity index (χ3v) is 9.13. The van der Waals surface area contributed by atoms with E-state index in [0.29, 0.717) is 5.11 Å². The smallest absolute Gasteiger partial charge is 0.174 e. The molecule has 6 rings (SSSR count). The van der Waals surface area contributed by atoms with Crippen molar-refractivity contribution in [3.8, 4) is 5.69 Å². The molecule has 5 nitrogen and oxygen atoms in total. The number of hydrogen-bond acceptors (Lipinski definition) is 3. The Kier molecular flexibility index (Phi) is 7.32. The Morgan fingerprint density at radius 3 is 2.33 bits per heavy atom. The van der Waals surface area contributed by atoms with E-state index in [1.54, 1.807) is 0 Å². The molecule has 4 heterocycles. The van der Waals surface area contributed by atoms with Crippen LogP contribution >= 0.6 is 23.8 Å². The Morgan fingerprint density at radius 1 is 0.925 bits per heavy atom. The Bertz CT molecular complexity index is 1520. The predicted octanol–water partition coefficient (Wildman–Crippen LogP) is 7.86. The fraction of sp³-hybridized carbons (Fsp3) is 0.333. The number of nitrogens with one attached hydrogen (secondary N) is 1. The summed E-state index contributed by atoms with van der Waals surface area (Å²) in [5.74, 6) is 0.769. The van der Waals surface area contributed by atoms with Crippen LogP contribution in [0, 0.1) is 26.7 Å². The standard InChI is InChI=1S/C33H36ClN5S/c1-21-8-10-25(11-9-21)38-23(3)19-27(24(38)4)32-31(29-7-5-6-16-35-29)36-33(40)39(32)26-12-13-30(28(34)20-26)37-17-14-22(2)15-18-37/h5-13,16,19-20,22,31-32H,14-15,17-18H2,1-4H3,(H,36,40). The minimum Gasteiger partial charge on any atom is -0.370 e. The van der Waals surface area contributed by atoms with Gasteiger partial charge in [-0.05, 0) is 106 Å². The van der Waals surface area contributed by atoms with Gasteiger partial charge in [0.25, 0.3) is 0 Å². The van der Waals surface area contributed by atoms with Crippen LogP contribution in [0.3, 0.4) is 0 Å². The highest BCUT2D eigenvalue weighted by molar-refractivity contribution is 7.80. The van der Waals surface area contributed by atoms with Crippen molar-refractivity contribution in [2.75, 3.05) is 22.9 Å². The summed E-state index contributed by atoms with van der Waals surface area (Å²) >= 11 is 13.0. The zero-order valence-electron chi connectivity index (χ0n) is 23.6. The molecule has 1 N–H and O–H groups in total. The fourth-order valence-electron chi connectivity index (χ4n) is 6.28. The highest BCUT2D eigenvalue weighted by atomic mass is 35.5. The second-order valence-electron chi connectivity index (χ2n) is 11.3. The summed E-state index contributed by atoms with van der Waals surface area (Å²) in [5.41, 5.74) is 9.04. The maximum Gasteiger partial charge on any atom is 0.174 e. The van der Waals surface area contributed by atoms with Crippen molar-refractivity contribution in [2.45, 2.75) is 52.6 Å². The van der Waals surface area contributed by atoms with E-state index in [2.05, 4.69) is 102 Å². The van der Waals surface area contributed by atoms with Crippen LogP contribution in [0.2, 0.25) is 5.02 Å². The van der Waals surface area contributed by atoms with Gasteiger partial charge in [0.1, 0.15) is 0 Å². The van der Waals surface area contributed by atoms with E-state index < -0.39 is 0 Å².